The van der Waals surface area contributed by atoms with Crippen molar-refractivity contribution in [1.82, 2.24) is 9.97 Å². The Morgan fingerprint density at radius 1 is 0.923 bits per heavy atom. The first kappa shape index (κ1) is 28.7. The smallest absolute Gasteiger partial charge is 0.339 e. The first-order valence-corrected chi connectivity index (χ1v) is 11.8. The summed E-state index contributed by atoms with van der Waals surface area (Å²) in [5.41, 5.74) is 2.28. The summed E-state index contributed by atoms with van der Waals surface area (Å²) >= 11 is 0. The van der Waals surface area contributed by atoms with Gasteiger partial charge in [-0.15, -0.1) is 6.42 Å². The van der Waals surface area contributed by atoms with Gasteiger partial charge in [-0.25, -0.2) is 14.8 Å². The summed E-state index contributed by atoms with van der Waals surface area (Å²) in [5, 5.41) is 21.4. The Balaban J connectivity index is 0.000000353. The molecule has 39 heavy (non-hydrogen) atoms. The number of anilines is 2. The molecule has 0 bridgehead atoms. The number of rotatable bonds is 11. The highest BCUT2D eigenvalue weighted by Gasteiger charge is 2.13. The normalized spacial score (nSPS) is 10.2. The summed E-state index contributed by atoms with van der Waals surface area (Å²) in [7, 11) is 3.25. The van der Waals surface area contributed by atoms with E-state index in [0.717, 1.165) is 22.2 Å². The maximum atomic E-state index is 10.3. The molecule has 0 atom stereocenters. The van der Waals surface area contributed by atoms with Gasteiger partial charge >= 0.3 is 5.97 Å². The fourth-order valence-corrected chi connectivity index (χ4v) is 3.34. The summed E-state index contributed by atoms with van der Waals surface area (Å²) < 4.78 is 21.8. The number of hydrogen-bond donors (Lipinski definition) is 3. The predicted octanol–water partition coefficient (Wildman–Crippen LogP) is 4.50. The number of benzene rings is 3. The van der Waals surface area contributed by atoms with Gasteiger partial charge in [0, 0.05) is 36.9 Å². The molecule has 0 saturated carbocycles. The third kappa shape index (κ3) is 8.33. The zero-order chi connectivity index (χ0) is 28.0. The van der Waals surface area contributed by atoms with E-state index in [2.05, 4.69) is 21.2 Å². The van der Waals surface area contributed by atoms with Crippen molar-refractivity contribution >= 4 is 28.4 Å². The molecule has 0 unspecified atom stereocenters. The molecular formula is C29H29N3O7. The molecule has 0 aliphatic carbocycles. The van der Waals surface area contributed by atoms with Gasteiger partial charge in [0.15, 0.2) is 11.5 Å². The molecule has 202 valence electrons. The fraction of sp³-hybridized carbons (Fsp3) is 0.207. The Hall–Kier alpha value is -4.85. The van der Waals surface area contributed by atoms with Gasteiger partial charge < -0.3 is 34.5 Å². The van der Waals surface area contributed by atoms with Crippen LogP contribution >= 0.6 is 0 Å². The maximum Gasteiger partial charge on any atom is 0.339 e. The number of carbonyl (C=O) groups is 1. The van der Waals surface area contributed by atoms with E-state index in [9.17, 15) is 4.79 Å². The van der Waals surface area contributed by atoms with E-state index in [4.69, 9.17) is 35.6 Å². The molecule has 1 aromatic heterocycles. The molecule has 3 N–H and O–H groups in total. The van der Waals surface area contributed by atoms with E-state index in [0.29, 0.717) is 43.7 Å². The highest BCUT2D eigenvalue weighted by molar-refractivity contribution is 5.93. The Bertz CT molecular complexity index is 1440. The average Bonchev–Trinajstić information content (AvgIpc) is 2.94. The van der Waals surface area contributed by atoms with Gasteiger partial charge in [-0.1, -0.05) is 24.1 Å². The number of fused-ring (bicyclic) bond motifs is 1. The first-order chi connectivity index (χ1) is 19.0. The van der Waals surface area contributed by atoms with Gasteiger partial charge in [-0.2, -0.15) is 0 Å². The number of para-hydroxylation sites is 1. The molecule has 0 aliphatic rings. The van der Waals surface area contributed by atoms with E-state index >= 15 is 0 Å². The minimum atomic E-state index is -1.11. The predicted molar refractivity (Wildman–Crippen MR) is 147 cm³/mol. The van der Waals surface area contributed by atoms with Gasteiger partial charge in [0.05, 0.1) is 18.7 Å². The number of hydrogen-bond acceptors (Lipinski definition) is 9. The lowest BCUT2D eigenvalue weighted by Gasteiger charge is -2.15. The number of aromatic carboxylic acids is 1. The van der Waals surface area contributed by atoms with Crippen molar-refractivity contribution in [3.05, 3.63) is 78.1 Å². The quantitative estimate of drug-likeness (QED) is 0.188. The average molecular weight is 532 g/mol. The number of carboxylic acid groups (broad SMARTS) is 1. The van der Waals surface area contributed by atoms with Crippen molar-refractivity contribution in [2.45, 2.75) is 0 Å². The highest BCUT2D eigenvalue weighted by atomic mass is 16.5. The Morgan fingerprint density at radius 2 is 1.62 bits per heavy atom. The van der Waals surface area contributed by atoms with Crippen LogP contribution in [0.2, 0.25) is 0 Å². The van der Waals surface area contributed by atoms with Gasteiger partial charge in [0.25, 0.3) is 0 Å². The van der Waals surface area contributed by atoms with Crippen LogP contribution in [-0.4, -0.2) is 66.8 Å². The van der Waals surface area contributed by atoms with E-state index in [-0.39, 0.29) is 11.3 Å². The summed E-state index contributed by atoms with van der Waals surface area (Å²) in [6.45, 7) is 1.73. The van der Waals surface area contributed by atoms with Crippen LogP contribution in [0.25, 0.3) is 10.9 Å². The standard InChI is InChI=1S/C22H23N3O4.C7H6O3/c1-4-16-6-5-7-17(12-16)25-22-18-13-20(28-10-8-26-2)21(29-11-9-27-3)14-19(18)23-15-24-22;8-6-4-2-1-3-5(6)7(9)10/h1,5-7,12-15H,8-11H2,2-3H3,(H,23,24,25);1-4,8H,(H,9,10). The topological polar surface area (TPSA) is 132 Å². The van der Waals surface area contributed by atoms with Crippen LogP contribution in [0.1, 0.15) is 15.9 Å². The molecule has 1 heterocycles. The van der Waals surface area contributed by atoms with Crippen molar-refractivity contribution in [1.29, 1.82) is 0 Å². The van der Waals surface area contributed by atoms with Crippen LogP contribution < -0.4 is 14.8 Å². The number of nitrogens with zero attached hydrogens (tertiary/aromatic N) is 2. The number of aromatic hydroxyl groups is 1. The SMILES string of the molecule is C#Cc1cccc(Nc2ncnc3cc(OCCOC)c(OCCOC)cc23)c1.O=C(O)c1ccccc1O. The summed E-state index contributed by atoms with van der Waals surface area (Å²) in [5.74, 6) is 3.13. The molecular weight excluding hydrogens is 502 g/mol. The van der Waals surface area contributed by atoms with Crippen molar-refractivity contribution in [2.24, 2.45) is 0 Å². The van der Waals surface area contributed by atoms with Crippen LogP contribution in [0.5, 0.6) is 17.2 Å². The molecule has 0 fully saturated rings. The lowest BCUT2D eigenvalue weighted by atomic mass is 10.2. The fourth-order valence-electron chi connectivity index (χ4n) is 3.34. The molecule has 3 aromatic carbocycles. The Labute approximate surface area is 226 Å². The summed E-state index contributed by atoms with van der Waals surface area (Å²) in [6.07, 6.45) is 6.99. The molecule has 0 amide bonds. The zero-order valence-electron chi connectivity index (χ0n) is 21.6. The van der Waals surface area contributed by atoms with Crippen LogP contribution in [-0.2, 0) is 9.47 Å². The molecule has 0 spiro atoms. The third-order valence-corrected chi connectivity index (χ3v) is 5.22. The zero-order valence-corrected chi connectivity index (χ0v) is 21.6. The minimum Gasteiger partial charge on any atom is -0.507 e. The van der Waals surface area contributed by atoms with Crippen LogP contribution in [0.4, 0.5) is 11.5 Å². The number of carboxylic acids is 1. The van der Waals surface area contributed by atoms with E-state index in [1.54, 1.807) is 26.4 Å². The Kier molecular flexibility index (Phi) is 10.9. The van der Waals surface area contributed by atoms with Gasteiger partial charge in [0.1, 0.15) is 36.7 Å². The van der Waals surface area contributed by atoms with Crippen molar-refractivity contribution in [3.63, 3.8) is 0 Å². The second kappa shape index (κ2) is 14.8. The lowest BCUT2D eigenvalue weighted by molar-refractivity contribution is 0.0693. The van der Waals surface area contributed by atoms with Crippen LogP contribution in [0, 0.1) is 12.3 Å². The number of ether oxygens (including phenoxy) is 4. The summed E-state index contributed by atoms with van der Waals surface area (Å²) in [4.78, 5) is 19.0. The number of terminal acetylenes is 1. The molecule has 4 aromatic rings. The highest BCUT2D eigenvalue weighted by Crippen LogP contribution is 2.35. The van der Waals surface area contributed by atoms with Gasteiger partial charge in [-0.05, 0) is 36.4 Å². The lowest BCUT2D eigenvalue weighted by Crippen LogP contribution is -2.09. The van der Waals surface area contributed by atoms with Gasteiger partial charge in [0.2, 0.25) is 0 Å². The van der Waals surface area contributed by atoms with Gasteiger partial charge in [-0.3, -0.25) is 0 Å². The van der Waals surface area contributed by atoms with Crippen molar-refractivity contribution in [3.8, 4) is 29.6 Å². The molecule has 4 rings (SSSR count). The maximum absolute atomic E-state index is 10.3. The molecule has 0 radical (unpaired) electrons. The number of methoxy groups -OCH3 is 2. The molecule has 10 heteroatoms. The molecule has 0 aliphatic heterocycles. The second-order valence-electron chi connectivity index (χ2n) is 7.89. The molecule has 0 saturated heterocycles. The van der Waals surface area contributed by atoms with Crippen LogP contribution in [0.3, 0.4) is 0 Å². The number of nitrogens with one attached hydrogen (secondary N) is 1. The van der Waals surface area contributed by atoms with Crippen molar-refractivity contribution in [2.75, 3.05) is 46.0 Å². The van der Waals surface area contributed by atoms with Crippen LogP contribution in [0.15, 0.2) is 67.0 Å². The number of aromatic nitrogens is 2. The van der Waals surface area contributed by atoms with E-state index in [1.165, 1.54) is 18.5 Å². The van der Waals surface area contributed by atoms with E-state index < -0.39 is 5.97 Å². The van der Waals surface area contributed by atoms with E-state index in [1.807, 2.05) is 36.4 Å². The Morgan fingerprint density at radius 3 is 2.23 bits per heavy atom. The largest absolute Gasteiger partial charge is 0.507 e. The minimum absolute atomic E-state index is 0.0671. The summed E-state index contributed by atoms with van der Waals surface area (Å²) in [6, 6.07) is 17.1. The van der Waals surface area contributed by atoms with Crippen molar-refractivity contribution < 1.29 is 34.0 Å². The first-order valence-electron chi connectivity index (χ1n) is 11.8. The third-order valence-electron chi connectivity index (χ3n) is 5.22. The molecule has 10 nitrogen and oxygen atoms in total. The monoisotopic (exact) mass is 531 g/mol. The second-order valence-corrected chi connectivity index (χ2v) is 7.89. The number of phenols is 1.